The molecule has 0 fully saturated rings. The largest absolute Gasteiger partial charge is 3.00 e. The van der Waals surface area contributed by atoms with Crippen LogP contribution in [-0.4, -0.2) is 0 Å². The second kappa shape index (κ2) is 64.6. The standard InChI is InChI=1S/5Cd.2P.2S/q5*+2;2*-3;2*-2. The molecule has 0 nitrogen and oxygen atoms in total. The fraction of sp³-hybridized carbons (Fsp3) is 0. The van der Waals surface area contributed by atoms with Crippen molar-refractivity contribution < 1.29 is 136 Å². The van der Waals surface area contributed by atoms with Gasteiger partial charge in [0.2, 0.25) is 0 Å². The van der Waals surface area contributed by atoms with Crippen molar-refractivity contribution in [1.82, 2.24) is 0 Å². The minimum atomic E-state index is 0. The minimum Gasteiger partial charge on any atom is -3.00 e. The van der Waals surface area contributed by atoms with Crippen molar-refractivity contribution in [3.8, 4) is 0 Å². The molecule has 0 saturated heterocycles. The number of hydrogen-bond acceptors (Lipinski definition) is 0. The predicted octanol–water partition coefficient (Wildman–Crippen LogP) is 1.71. The Morgan fingerprint density at radius 1 is 0.333 bits per heavy atom. The SMILES string of the molecule is [Cd+2].[Cd+2].[Cd+2].[Cd+2].[Cd+2].[P-3].[P-3].[S-2].[S-2]. The molecule has 0 aromatic heterocycles. The van der Waals surface area contributed by atoms with Gasteiger partial charge in [0.15, 0.2) is 0 Å². The van der Waals surface area contributed by atoms with Crippen molar-refractivity contribution in [2.45, 2.75) is 0 Å². The molecular weight excluding hydrogens is 688 g/mol. The summed E-state index contributed by atoms with van der Waals surface area (Å²) in [5.41, 5.74) is 0. The van der Waals surface area contributed by atoms with E-state index in [9.17, 15) is 0 Å². The van der Waals surface area contributed by atoms with Gasteiger partial charge in [0.1, 0.15) is 0 Å². The molecule has 0 saturated carbocycles. The Morgan fingerprint density at radius 3 is 0.333 bits per heavy atom. The van der Waals surface area contributed by atoms with Gasteiger partial charge in [-0.3, -0.25) is 0 Å². The van der Waals surface area contributed by atoms with Crippen LogP contribution in [0.15, 0.2) is 0 Å². The molecule has 0 rings (SSSR count). The van der Waals surface area contributed by atoms with Crippen LogP contribution in [0.25, 0.3) is 0 Å². The first-order valence-corrected chi connectivity index (χ1v) is 0. The molecule has 0 aliphatic carbocycles. The Hall–Kier alpha value is 6.17. The average molecular weight is 688 g/mol. The molecule has 9 heteroatoms. The Morgan fingerprint density at radius 2 is 0.333 bits per heavy atom. The van der Waals surface area contributed by atoms with E-state index in [1.54, 1.807) is 0 Å². The van der Waals surface area contributed by atoms with Crippen molar-refractivity contribution in [3.63, 3.8) is 0 Å². The zero-order valence-corrected chi connectivity index (χ0v) is 28.8. The van der Waals surface area contributed by atoms with Gasteiger partial charge in [0, 0.05) is 0 Å². The summed E-state index contributed by atoms with van der Waals surface area (Å²) >= 11 is 0. The summed E-state index contributed by atoms with van der Waals surface area (Å²) in [4.78, 5) is 0. The summed E-state index contributed by atoms with van der Waals surface area (Å²) in [5, 5.41) is 0. The first-order valence-electron chi connectivity index (χ1n) is 0. The molecule has 0 aromatic carbocycles. The van der Waals surface area contributed by atoms with Gasteiger partial charge in [-0.05, 0) is 0 Å². The predicted molar refractivity (Wildman–Crippen MR) is 28.6 cm³/mol. The number of hydrogen-bond donors (Lipinski definition) is 0. The quantitative estimate of drug-likeness (QED) is 0.269. The Kier molecular flexibility index (Phi) is 574. The van der Waals surface area contributed by atoms with Crippen LogP contribution in [0.2, 0.25) is 0 Å². The van der Waals surface area contributed by atoms with E-state index in [2.05, 4.69) is 0 Å². The van der Waals surface area contributed by atoms with Crippen LogP contribution in [0.4, 0.5) is 0 Å². The van der Waals surface area contributed by atoms with Crippen LogP contribution >= 0.6 is 19.8 Å². The van der Waals surface area contributed by atoms with Gasteiger partial charge in [-0.1, -0.05) is 0 Å². The van der Waals surface area contributed by atoms with Crippen molar-refractivity contribution in [2.75, 3.05) is 0 Å². The number of rotatable bonds is 0. The van der Waals surface area contributed by atoms with Gasteiger partial charge in [-0.15, -0.1) is 0 Å². The molecule has 0 radical (unpaired) electrons. The Balaban J connectivity index is 0. The molecule has 0 amide bonds. The van der Waals surface area contributed by atoms with Gasteiger partial charge in [0.25, 0.3) is 0 Å². The second-order valence-corrected chi connectivity index (χ2v) is 0. The van der Waals surface area contributed by atoms with Crippen LogP contribution in [0.3, 0.4) is 0 Å². The molecule has 0 heterocycles. The zero-order chi connectivity index (χ0) is 0. The van der Waals surface area contributed by atoms with Gasteiger partial charge < -0.3 is 46.8 Å². The van der Waals surface area contributed by atoms with E-state index in [1.165, 1.54) is 0 Å². The van der Waals surface area contributed by atoms with E-state index in [1.807, 2.05) is 0 Å². The van der Waals surface area contributed by atoms with E-state index in [4.69, 9.17) is 0 Å². The van der Waals surface area contributed by atoms with Gasteiger partial charge in [0.05, 0.1) is 0 Å². The van der Waals surface area contributed by atoms with Crippen molar-refractivity contribution in [3.05, 3.63) is 0 Å². The van der Waals surface area contributed by atoms with E-state index < -0.39 is 0 Å². The molecule has 0 aliphatic rings. The normalized spacial score (nSPS) is 0. The summed E-state index contributed by atoms with van der Waals surface area (Å²) in [5.74, 6) is 0. The zero-order valence-electron chi connectivity index (χ0n) is 5.25. The van der Waals surface area contributed by atoms with Crippen molar-refractivity contribution in [2.24, 2.45) is 0 Å². The Labute approximate surface area is 179 Å². The fourth-order valence-electron chi connectivity index (χ4n) is 0. The first-order chi connectivity index (χ1) is 0. The molecule has 0 N–H and O–H groups in total. The van der Waals surface area contributed by atoms with Gasteiger partial charge in [-0.2, -0.15) is 0 Å². The van der Waals surface area contributed by atoms with Crippen LogP contribution < -0.4 is 0 Å². The third-order valence-corrected chi connectivity index (χ3v) is 0. The molecular formula is Cd5P2S2. The maximum atomic E-state index is 0. The fourth-order valence-corrected chi connectivity index (χ4v) is 0. The summed E-state index contributed by atoms with van der Waals surface area (Å²) in [7, 11) is 0. The topological polar surface area (TPSA) is 0 Å². The molecule has 0 spiro atoms. The van der Waals surface area contributed by atoms with Crippen molar-refractivity contribution >= 4 is 46.8 Å². The molecule has 32 valence electrons. The molecule has 9 heavy (non-hydrogen) atoms. The third-order valence-electron chi connectivity index (χ3n) is 0. The minimum absolute atomic E-state index is 0. The second-order valence-electron chi connectivity index (χ2n) is 0. The van der Waals surface area contributed by atoms with E-state index in [0.717, 1.165) is 0 Å². The first kappa shape index (κ1) is 80.0. The van der Waals surface area contributed by atoms with Gasteiger partial charge in [-0.25, -0.2) is 0 Å². The van der Waals surface area contributed by atoms with E-state index in [-0.39, 0.29) is 183 Å². The maximum Gasteiger partial charge on any atom is 2.00 e. The van der Waals surface area contributed by atoms with Crippen LogP contribution in [-0.2, 0) is 163 Å². The van der Waals surface area contributed by atoms with Crippen molar-refractivity contribution in [1.29, 1.82) is 0 Å². The molecule has 0 bridgehead atoms. The third kappa shape index (κ3) is 55.1. The summed E-state index contributed by atoms with van der Waals surface area (Å²) in [6.07, 6.45) is 0. The average Bonchev–Trinajstić information content (AvgIpc) is 0. The maximum absolute atomic E-state index is 0. The summed E-state index contributed by atoms with van der Waals surface area (Å²) in [6, 6.07) is 0. The van der Waals surface area contributed by atoms with Gasteiger partial charge >= 0.3 is 136 Å². The smallest absolute Gasteiger partial charge is 2.00 e. The Bertz CT molecular complexity index is 12.9. The molecule has 0 unspecified atom stereocenters. The molecule has 0 aromatic rings. The monoisotopic (exact) mass is 695 g/mol. The van der Waals surface area contributed by atoms with Crippen LogP contribution in [0.5, 0.6) is 0 Å². The summed E-state index contributed by atoms with van der Waals surface area (Å²) < 4.78 is 0. The van der Waals surface area contributed by atoms with E-state index >= 15 is 0 Å². The van der Waals surface area contributed by atoms with Crippen LogP contribution in [0.1, 0.15) is 0 Å². The van der Waals surface area contributed by atoms with E-state index in [0.29, 0.717) is 0 Å². The summed E-state index contributed by atoms with van der Waals surface area (Å²) in [6.45, 7) is 0. The molecule has 0 atom stereocenters. The molecule has 0 aliphatic heterocycles. The van der Waals surface area contributed by atoms with Crippen LogP contribution in [0, 0.1) is 0 Å².